The molecular weight excluding hydrogens is 330 g/mol. The molecule has 0 aliphatic carbocycles. The minimum Gasteiger partial charge on any atom is -0.331 e. The Bertz CT molecular complexity index is 985. The van der Waals surface area contributed by atoms with Crippen LogP contribution in [0.4, 0.5) is 16.2 Å². The van der Waals surface area contributed by atoms with Gasteiger partial charge in [-0.05, 0) is 36.8 Å². The average Bonchev–Trinajstić information content (AvgIpc) is 2.63. The Morgan fingerprint density at radius 2 is 1.73 bits per heavy atom. The van der Waals surface area contributed by atoms with E-state index in [1.807, 2.05) is 31.2 Å². The molecule has 132 valence electrons. The predicted molar refractivity (Wildman–Crippen MR) is 101 cm³/mol. The Balaban J connectivity index is 1.81. The molecule has 2 aromatic carbocycles. The van der Waals surface area contributed by atoms with E-state index in [-0.39, 0.29) is 17.6 Å². The number of nitrogens with one attached hydrogen (secondary N) is 2. The fourth-order valence-electron chi connectivity index (χ4n) is 2.32. The van der Waals surface area contributed by atoms with Crippen LogP contribution in [0.5, 0.6) is 0 Å². The van der Waals surface area contributed by atoms with Crippen molar-refractivity contribution in [2.75, 3.05) is 24.7 Å². The average molecular weight is 349 g/mol. The molecule has 0 radical (unpaired) electrons. The maximum absolute atomic E-state index is 12.5. The van der Waals surface area contributed by atoms with Gasteiger partial charge in [0.1, 0.15) is 5.69 Å². The second kappa shape index (κ2) is 7.18. The molecule has 0 atom stereocenters. The van der Waals surface area contributed by atoms with Crippen molar-refractivity contribution in [1.82, 2.24) is 14.9 Å². The summed E-state index contributed by atoms with van der Waals surface area (Å²) in [5.74, 6) is -0.364. The van der Waals surface area contributed by atoms with E-state index in [1.165, 1.54) is 11.1 Å². The molecule has 3 rings (SSSR count). The molecule has 7 heteroatoms. The third kappa shape index (κ3) is 3.77. The van der Waals surface area contributed by atoms with Crippen molar-refractivity contribution < 1.29 is 9.59 Å². The first kappa shape index (κ1) is 17.3. The Hall–Kier alpha value is -3.48. The maximum atomic E-state index is 12.5. The lowest BCUT2D eigenvalue weighted by Crippen LogP contribution is -2.27. The van der Waals surface area contributed by atoms with Crippen molar-refractivity contribution in [3.63, 3.8) is 0 Å². The summed E-state index contributed by atoms with van der Waals surface area (Å²) in [7, 11) is 3.32. The number of anilines is 2. The number of nitrogens with zero attached hydrogens (tertiary/aromatic N) is 3. The number of fused-ring (bicyclic) bond motifs is 1. The highest BCUT2D eigenvalue weighted by Gasteiger charge is 2.12. The molecule has 0 bridgehead atoms. The number of carbonyl (C=O) groups excluding carboxylic acids is 2. The van der Waals surface area contributed by atoms with E-state index < -0.39 is 0 Å². The Morgan fingerprint density at radius 1 is 1.00 bits per heavy atom. The lowest BCUT2D eigenvalue weighted by Gasteiger charge is -2.15. The molecule has 3 aromatic rings. The van der Waals surface area contributed by atoms with Crippen molar-refractivity contribution in [1.29, 1.82) is 0 Å². The first-order valence-corrected chi connectivity index (χ1v) is 8.06. The monoisotopic (exact) mass is 349 g/mol. The quantitative estimate of drug-likeness (QED) is 0.759. The number of urea groups is 1. The van der Waals surface area contributed by atoms with Gasteiger partial charge in [0.25, 0.3) is 5.91 Å². The highest BCUT2D eigenvalue weighted by atomic mass is 16.2. The molecule has 0 aliphatic heterocycles. The van der Waals surface area contributed by atoms with E-state index in [4.69, 9.17) is 0 Å². The molecule has 0 saturated carbocycles. The lowest BCUT2D eigenvalue weighted by atomic mass is 10.1. The van der Waals surface area contributed by atoms with Crippen molar-refractivity contribution >= 4 is 34.3 Å². The molecule has 0 spiro atoms. The molecule has 0 unspecified atom stereocenters. The molecule has 0 aliphatic rings. The SMILES string of the molecule is Cc1ccc(NC(=O)c2cnc3ccccc3n2)cc1NC(=O)N(C)C. The van der Waals surface area contributed by atoms with Gasteiger partial charge < -0.3 is 15.5 Å². The molecule has 26 heavy (non-hydrogen) atoms. The van der Waals surface area contributed by atoms with Crippen molar-refractivity contribution in [3.8, 4) is 0 Å². The number of hydrogen-bond acceptors (Lipinski definition) is 4. The fourth-order valence-corrected chi connectivity index (χ4v) is 2.32. The van der Waals surface area contributed by atoms with E-state index in [0.717, 1.165) is 11.1 Å². The minimum atomic E-state index is -0.364. The summed E-state index contributed by atoms with van der Waals surface area (Å²) < 4.78 is 0. The second-order valence-corrected chi connectivity index (χ2v) is 6.05. The molecule has 2 N–H and O–H groups in total. The van der Waals surface area contributed by atoms with Crippen LogP contribution in [0.15, 0.2) is 48.7 Å². The topological polar surface area (TPSA) is 87.2 Å². The van der Waals surface area contributed by atoms with Crippen molar-refractivity contribution in [2.45, 2.75) is 6.92 Å². The number of benzene rings is 2. The first-order chi connectivity index (χ1) is 12.4. The highest BCUT2D eigenvalue weighted by Crippen LogP contribution is 2.21. The highest BCUT2D eigenvalue weighted by molar-refractivity contribution is 6.04. The molecule has 1 heterocycles. The predicted octanol–water partition coefficient (Wildman–Crippen LogP) is 3.28. The molecular formula is C19H19N5O2. The summed E-state index contributed by atoms with van der Waals surface area (Å²) in [5, 5.41) is 5.58. The van der Waals surface area contributed by atoms with E-state index >= 15 is 0 Å². The summed E-state index contributed by atoms with van der Waals surface area (Å²) in [5.41, 5.74) is 3.69. The molecule has 7 nitrogen and oxygen atoms in total. The van der Waals surface area contributed by atoms with Crippen LogP contribution in [0, 0.1) is 6.92 Å². The number of aryl methyl sites for hydroxylation is 1. The van der Waals surface area contributed by atoms with Gasteiger partial charge in [-0.25, -0.2) is 9.78 Å². The third-order valence-electron chi connectivity index (χ3n) is 3.82. The van der Waals surface area contributed by atoms with Gasteiger partial charge in [0.15, 0.2) is 0 Å². The van der Waals surface area contributed by atoms with Crippen molar-refractivity contribution in [3.05, 3.63) is 59.9 Å². The van der Waals surface area contributed by atoms with E-state index in [0.29, 0.717) is 16.9 Å². The zero-order valence-corrected chi connectivity index (χ0v) is 14.8. The van der Waals surface area contributed by atoms with Gasteiger partial charge >= 0.3 is 6.03 Å². The van der Waals surface area contributed by atoms with Crippen LogP contribution >= 0.6 is 0 Å². The number of para-hydroxylation sites is 2. The molecule has 3 amide bonds. The zero-order chi connectivity index (χ0) is 18.7. The molecule has 0 fully saturated rings. The van der Waals surface area contributed by atoms with Crippen molar-refractivity contribution in [2.24, 2.45) is 0 Å². The van der Waals surface area contributed by atoms with Gasteiger partial charge in [-0.1, -0.05) is 18.2 Å². The number of rotatable bonds is 3. The van der Waals surface area contributed by atoms with Gasteiger partial charge in [-0.3, -0.25) is 9.78 Å². The lowest BCUT2D eigenvalue weighted by molar-refractivity contribution is 0.102. The van der Waals surface area contributed by atoms with Gasteiger partial charge in [-0.15, -0.1) is 0 Å². The Kier molecular flexibility index (Phi) is 4.79. The standard InChI is InChI=1S/C19H19N5O2/c1-12-8-9-13(10-16(12)23-19(26)24(2)3)21-18(25)17-11-20-14-6-4-5-7-15(14)22-17/h4-11H,1-3H3,(H,21,25)(H,23,26). The summed E-state index contributed by atoms with van der Waals surface area (Å²) in [6, 6.07) is 12.4. The van der Waals surface area contributed by atoms with Crippen LogP contribution in [0.1, 0.15) is 16.1 Å². The van der Waals surface area contributed by atoms with Crippen LogP contribution in [0.3, 0.4) is 0 Å². The van der Waals surface area contributed by atoms with Gasteiger partial charge in [0.05, 0.1) is 17.2 Å². The van der Waals surface area contributed by atoms with Crippen LogP contribution < -0.4 is 10.6 Å². The Labute approximate surface area is 151 Å². The summed E-state index contributed by atoms with van der Waals surface area (Å²) in [4.78, 5) is 34.3. The van der Waals surface area contributed by atoms with Gasteiger partial charge in [0.2, 0.25) is 0 Å². The van der Waals surface area contributed by atoms with E-state index in [9.17, 15) is 9.59 Å². The Morgan fingerprint density at radius 3 is 2.46 bits per heavy atom. The molecule has 1 aromatic heterocycles. The summed E-state index contributed by atoms with van der Waals surface area (Å²) >= 11 is 0. The minimum absolute atomic E-state index is 0.225. The van der Waals surface area contributed by atoms with Crippen LogP contribution in [-0.4, -0.2) is 40.9 Å². The number of aromatic nitrogens is 2. The summed E-state index contributed by atoms with van der Waals surface area (Å²) in [6.45, 7) is 1.88. The van der Waals surface area contributed by atoms with Crippen LogP contribution in [0.2, 0.25) is 0 Å². The number of hydrogen-bond donors (Lipinski definition) is 2. The fraction of sp³-hybridized carbons (Fsp3) is 0.158. The normalized spacial score (nSPS) is 10.4. The maximum Gasteiger partial charge on any atom is 0.321 e. The molecule has 0 saturated heterocycles. The van der Waals surface area contributed by atoms with Gasteiger partial charge in [-0.2, -0.15) is 0 Å². The largest absolute Gasteiger partial charge is 0.331 e. The van der Waals surface area contributed by atoms with Crippen LogP contribution in [-0.2, 0) is 0 Å². The third-order valence-corrected chi connectivity index (χ3v) is 3.82. The van der Waals surface area contributed by atoms with Gasteiger partial charge in [0, 0.05) is 25.5 Å². The zero-order valence-electron chi connectivity index (χ0n) is 14.8. The number of carbonyl (C=O) groups is 2. The number of amides is 3. The first-order valence-electron chi connectivity index (χ1n) is 8.06. The van der Waals surface area contributed by atoms with E-state index in [1.54, 1.807) is 32.3 Å². The summed E-state index contributed by atoms with van der Waals surface area (Å²) in [6.07, 6.45) is 1.45. The van der Waals surface area contributed by atoms with E-state index in [2.05, 4.69) is 20.6 Å². The second-order valence-electron chi connectivity index (χ2n) is 6.05. The smallest absolute Gasteiger partial charge is 0.321 e. The van der Waals surface area contributed by atoms with Crippen LogP contribution in [0.25, 0.3) is 11.0 Å².